The molecule has 4 nitrogen and oxygen atoms in total. The number of aryl methyl sites for hydroxylation is 1. The van der Waals surface area contributed by atoms with Crippen LogP contribution in [0.3, 0.4) is 0 Å². The van der Waals surface area contributed by atoms with Crippen LogP contribution in [-0.2, 0) is 9.53 Å². The Morgan fingerprint density at radius 1 is 1.35 bits per heavy atom. The molecule has 3 rings (SSSR count). The molecule has 23 heavy (non-hydrogen) atoms. The largest absolute Gasteiger partial charge is 0.379 e. The van der Waals surface area contributed by atoms with E-state index >= 15 is 0 Å². The summed E-state index contributed by atoms with van der Waals surface area (Å²) in [4.78, 5) is 16.7. The number of hydrogen-bond acceptors (Lipinski definition) is 5. The highest BCUT2D eigenvalue weighted by atomic mass is 32.1. The van der Waals surface area contributed by atoms with Gasteiger partial charge >= 0.3 is 0 Å². The van der Waals surface area contributed by atoms with Gasteiger partial charge in [-0.15, -0.1) is 22.7 Å². The van der Waals surface area contributed by atoms with E-state index in [2.05, 4.69) is 41.6 Å². The van der Waals surface area contributed by atoms with Gasteiger partial charge in [-0.1, -0.05) is 6.07 Å². The predicted octanol–water partition coefficient (Wildman–Crippen LogP) is 3.81. The number of carbonyl (C=O) groups is 1. The van der Waals surface area contributed by atoms with Crippen LogP contribution in [0.15, 0.2) is 17.5 Å². The maximum atomic E-state index is 11.6. The second-order valence-corrected chi connectivity index (χ2v) is 7.98. The minimum Gasteiger partial charge on any atom is -0.379 e. The molecule has 0 aliphatic carbocycles. The normalized spacial score (nSPS) is 17.2. The number of thiophene rings is 2. The fourth-order valence-corrected chi connectivity index (χ4v) is 5.02. The number of morpholine rings is 1. The van der Waals surface area contributed by atoms with Crippen molar-refractivity contribution in [1.29, 1.82) is 0 Å². The van der Waals surface area contributed by atoms with Gasteiger partial charge in [-0.2, -0.15) is 0 Å². The van der Waals surface area contributed by atoms with Crippen molar-refractivity contribution < 1.29 is 9.53 Å². The van der Waals surface area contributed by atoms with Crippen LogP contribution in [0.5, 0.6) is 0 Å². The van der Waals surface area contributed by atoms with Gasteiger partial charge in [0, 0.05) is 35.3 Å². The minimum absolute atomic E-state index is 0.0144. The van der Waals surface area contributed by atoms with Crippen LogP contribution in [0.1, 0.15) is 33.8 Å². The molecule has 1 amide bonds. The molecular formula is C17H22N2O2S2. The third kappa shape index (κ3) is 3.50. The maximum absolute atomic E-state index is 11.6. The number of amides is 1. The van der Waals surface area contributed by atoms with Gasteiger partial charge in [0.05, 0.1) is 19.3 Å². The first-order valence-electron chi connectivity index (χ1n) is 7.80. The Bertz CT molecular complexity index is 673. The van der Waals surface area contributed by atoms with E-state index in [9.17, 15) is 4.79 Å². The lowest BCUT2D eigenvalue weighted by molar-refractivity contribution is -0.114. The first-order valence-corrected chi connectivity index (χ1v) is 9.50. The second-order valence-electron chi connectivity index (χ2n) is 5.77. The van der Waals surface area contributed by atoms with Gasteiger partial charge in [0.25, 0.3) is 0 Å². The van der Waals surface area contributed by atoms with Gasteiger partial charge in [0.2, 0.25) is 5.91 Å². The molecule has 2 aromatic rings. The number of rotatable bonds is 4. The number of nitrogens with zero attached hydrogens (tertiary/aromatic N) is 1. The van der Waals surface area contributed by atoms with Crippen molar-refractivity contribution >= 4 is 33.6 Å². The number of carbonyl (C=O) groups excluding carboxylic acids is 1. The molecule has 1 atom stereocenters. The summed E-state index contributed by atoms with van der Waals surface area (Å²) in [5.41, 5.74) is 2.52. The third-order valence-corrected chi connectivity index (χ3v) is 6.28. The number of ether oxygens (including phenoxy) is 1. The molecule has 0 bridgehead atoms. The summed E-state index contributed by atoms with van der Waals surface area (Å²) in [5.74, 6) is -0.0144. The summed E-state index contributed by atoms with van der Waals surface area (Å²) < 4.78 is 5.53. The monoisotopic (exact) mass is 350 g/mol. The lowest BCUT2D eigenvalue weighted by atomic mass is 10.00. The summed E-state index contributed by atoms with van der Waals surface area (Å²) in [6.45, 7) is 9.21. The van der Waals surface area contributed by atoms with E-state index in [4.69, 9.17) is 4.74 Å². The summed E-state index contributed by atoms with van der Waals surface area (Å²) >= 11 is 3.45. The molecule has 0 spiro atoms. The van der Waals surface area contributed by atoms with E-state index in [0.717, 1.165) is 31.3 Å². The molecule has 0 radical (unpaired) electrons. The van der Waals surface area contributed by atoms with Crippen molar-refractivity contribution in [2.45, 2.75) is 26.8 Å². The van der Waals surface area contributed by atoms with Crippen molar-refractivity contribution in [2.75, 3.05) is 31.6 Å². The molecule has 0 aromatic carbocycles. The molecule has 2 aromatic heterocycles. The first kappa shape index (κ1) is 16.6. The van der Waals surface area contributed by atoms with Crippen molar-refractivity contribution in [3.63, 3.8) is 0 Å². The van der Waals surface area contributed by atoms with Crippen LogP contribution in [0.25, 0.3) is 0 Å². The zero-order valence-electron chi connectivity index (χ0n) is 13.7. The van der Waals surface area contributed by atoms with E-state index in [1.54, 1.807) is 29.6 Å². The summed E-state index contributed by atoms with van der Waals surface area (Å²) in [5, 5.41) is 6.15. The van der Waals surface area contributed by atoms with E-state index in [0.29, 0.717) is 0 Å². The molecule has 124 valence electrons. The molecule has 3 heterocycles. The second kappa shape index (κ2) is 7.13. The van der Waals surface area contributed by atoms with Crippen molar-refractivity contribution in [3.05, 3.63) is 38.4 Å². The van der Waals surface area contributed by atoms with Gasteiger partial charge in [-0.25, -0.2) is 0 Å². The predicted molar refractivity (Wildman–Crippen MR) is 96.7 cm³/mol. The van der Waals surface area contributed by atoms with E-state index in [1.165, 1.54) is 20.9 Å². The quantitative estimate of drug-likeness (QED) is 0.912. The average Bonchev–Trinajstić information content (AvgIpc) is 3.13. The Morgan fingerprint density at radius 3 is 2.70 bits per heavy atom. The van der Waals surface area contributed by atoms with Crippen LogP contribution in [0.2, 0.25) is 0 Å². The first-order chi connectivity index (χ1) is 11.1. The van der Waals surface area contributed by atoms with Crippen LogP contribution in [0, 0.1) is 13.8 Å². The lowest BCUT2D eigenvalue weighted by Crippen LogP contribution is -2.39. The Morgan fingerprint density at radius 2 is 2.09 bits per heavy atom. The molecule has 1 saturated heterocycles. The highest BCUT2D eigenvalue weighted by Crippen LogP contribution is 2.43. The average molecular weight is 351 g/mol. The summed E-state index contributed by atoms with van der Waals surface area (Å²) in [6.07, 6.45) is 0. The number of hydrogen-bond donors (Lipinski definition) is 1. The Labute approximate surface area is 145 Å². The van der Waals surface area contributed by atoms with E-state index in [1.807, 2.05) is 0 Å². The summed E-state index contributed by atoms with van der Waals surface area (Å²) in [7, 11) is 0. The molecule has 1 N–H and O–H groups in total. The molecule has 0 unspecified atom stereocenters. The highest BCUT2D eigenvalue weighted by molar-refractivity contribution is 7.16. The minimum atomic E-state index is -0.0144. The number of anilines is 1. The van der Waals surface area contributed by atoms with Crippen LogP contribution in [-0.4, -0.2) is 37.1 Å². The molecule has 1 aliphatic rings. The zero-order valence-corrected chi connectivity index (χ0v) is 15.4. The van der Waals surface area contributed by atoms with Crippen molar-refractivity contribution in [3.8, 4) is 0 Å². The van der Waals surface area contributed by atoms with Crippen molar-refractivity contribution in [1.82, 2.24) is 4.90 Å². The summed E-state index contributed by atoms with van der Waals surface area (Å²) in [6, 6.07) is 4.47. The molecule has 6 heteroatoms. The van der Waals surface area contributed by atoms with Crippen molar-refractivity contribution in [2.24, 2.45) is 0 Å². The third-order valence-electron chi connectivity index (χ3n) is 4.22. The van der Waals surface area contributed by atoms with Gasteiger partial charge in [-0.3, -0.25) is 9.69 Å². The van der Waals surface area contributed by atoms with Gasteiger partial charge in [0.15, 0.2) is 0 Å². The van der Waals surface area contributed by atoms with Gasteiger partial charge < -0.3 is 10.1 Å². The highest BCUT2D eigenvalue weighted by Gasteiger charge is 2.30. The topological polar surface area (TPSA) is 41.6 Å². The Hall–Kier alpha value is -1.21. The molecule has 0 saturated carbocycles. The van der Waals surface area contributed by atoms with Crippen LogP contribution >= 0.6 is 22.7 Å². The standard InChI is InChI=1S/C17H22N2O2S2/c1-11-12(2)23-17(18-13(3)20)15(11)16(14-5-4-10-22-14)19-6-8-21-9-7-19/h4-5,10,16H,6-9H2,1-3H3,(H,18,20)/t16-/m0/s1. The van der Waals surface area contributed by atoms with Crippen LogP contribution in [0.4, 0.5) is 5.00 Å². The lowest BCUT2D eigenvalue weighted by Gasteiger charge is -2.34. The van der Waals surface area contributed by atoms with Crippen LogP contribution < -0.4 is 5.32 Å². The van der Waals surface area contributed by atoms with Gasteiger partial charge in [0.1, 0.15) is 5.00 Å². The Kier molecular flexibility index (Phi) is 5.16. The Balaban J connectivity index is 2.07. The molecule has 1 aliphatic heterocycles. The van der Waals surface area contributed by atoms with E-state index < -0.39 is 0 Å². The van der Waals surface area contributed by atoms with Gasteiger partial charge in [-0.05, 0) is 30.9 Å². The van der Waals surface area contributed by atoms with E-state index in [-0.39, 0.29) is 11.9 Å². The zero-order chi connectivity index (χ0) is 16.4. The smallest absolute Gasteiger partial charge is 0.221 e. The molecule has 1 fully saturated rings. The fraction of sp³-hybridized carbons (Fsp3) is 0.471. The SMILES string of the molecule is CC(=O)Nc1sc(C)c(C)c1[C@H](c1cccs1)N1CCOCC1. The fourth-order valence-electron chi connectivity index (χ4n) is 3.01. The molecular weight excluding hydrogens is 328 g/mol. The number of nitrogens with one attached hydrogen (secondary N) is 1. The maximum Gasteiger partial charge on any atom is 0.221 e.